The molecule has 0 saturated carbocycles. The fraction of sp³-hybridized carbons (Fsp3) is 0.263. The zero-order chi connectivity index (χ0) is 19.8. The van der Waals surface area contributed by atoms with Gasteiger partial charge in [0.05, 0.1) is 17.0 Å². The van der Waals surface area contributed by atoms with Crippen LogP contribution in [0.1, 0.15) is 27.4 Å². The number of hydrogen-bond acceptors (Lipinski definition) is 2. The number of benzene rings is 2. The smallest absolute Gasteiger partial charge is 0.417 e. The van der Waals surface area contributed by atoms with Gasteiger partial charge in [0.15, 0.2) is 0 Å². The van der Waals surface area contributed by atoms with Crippen molar-refractivity contribution in [3.05, 3.63) is 70.2 Å². The first-order chi connectivity index (χ1) is 12.7. The molecule has 2 atom stereocenters. The van der Waals surface area contributed by atoms with Crippen LogP contribution >= 0.6 is 11.6 Å². The summed E-state index contributed by atoms with van der Waals surface area (Å²) in [5.74, 6) is -3.37. The minimum Gasteiger partial charge on any atom is -0.481 e. The summed E-state index contributed by atoms with van der Waals surface area (Å²) in [5, 5.41) is 9.99. The van der Waals surface area contributed by atoms with Gasteiger partial charge in [0, 0.05) is 24.0 Å². The van der Waals surface area contributed by atoms with E-state index in [0.717, 1.165) is 12.1 Å². The first-order valence-corrected chi connectivity index (χ1v) is 8.50. The number of carboxylic acid groups (broad SMARTS) is 1. The van der Waals surface area contributed by atoms with Crippen LogP contribution < -0.4 is 0 Å². The van der Waals surface area contributed by atoms with E-state index in [-0.39, 0.29) is 13.1 Å². The van der Waals surface area contributed by atoms with Gasteiger partial charge in [0.25, 0.3) is 5.91 Å². The molecule has 1 fully saturated rings. The van der Waals surface area contributed by atoms with Gasteiger partial charge in [0.1, 0.15) is 0 Å². The molecule has 4 nitrogen and oxygen atoms in total. The molecule has 2 aromatic rings. The lowest BCUT2D eigenvalue weighted by Gasteiger charge is -2.19. The van der Waals surface area contributed by atoms with Gasteiger partial charge in [-0.2, -0.15) is 13.2 Å². The van der Waals surface area contributed by atoms with Gasteiger partial charge in [-0.05, 0) is 29.8 Å². The zero-order valence-electron chi connectivity index (χ0n) is 13.9. The van der Waals surface area contributed by atoms with Gasteiger partial charge in [0.2, 0.25) is 0 Å². The van der Waals surface area contributed by atoms with E-state index in [1.807, 2.05) is 0 Å². The Labute approximate surface area is 158 Å². The Kier molecular flexibility index (Phi) is 5.15. The highest BCUT2D eigenvalue weighted by Gasteiger charge is 2.42. The van der Waals surface area contributed by atoms with E-state index in [1.54, 1.807) is 24.3 Å². The first kappa shape index (κ1) is 19.2. The van der Waals surface area contributed by atoms with Crippen LogP contribution in [0.4, 0.5) is 13.2 Å². The van der Waals surface area contributed by atoms with Crippen molar-refractivity contribution in [2.75, 3.05) is 13.1 Å². The molecule has 1 heterocycles. The van der Waals surface area contributed by atoms with E-state index in [1.165, 1.54) is 17.0 Å². The van der Waals surface area contributed by atoms with E-state index in [9.17, 15) is 27.9 Å². The van der Waals surface area contributed by atoms with Crippen LogP contribution in [-0.4, -0.2) is 35.0 Å². The second-order valence-electron chi connectivity index (χ2n) is 6.36. The van der Waals surface area contributed by atoms with E-state index in [0.29, 0.717) is 10.6 Å². The number of carboxylic acids is 1. The molecule has 1 aliphatic rings. The summed E-state index contributed by atoms with van der Waals surface area (Å²) in [6, 6.07) is 11.1. The van der Waals surface area contributed by atoms with Crippen molar-refractivity contribution in [2.45, 2.75) is 12.1 Å². The van der Waals surface area contributed by atoms with Crippen LogP contribution in [-0.2, 0) is 11.0 Å². The number of likely N-dealkylation sites (tertiary alicyclic amines) is 1. The third-order valence-electron chi connectivity index (χ3n) is 4.69. The Morgan fingerprint density at radius 1 is 1.04 bits per heavy atom. The third kappa shape index (κ3) is 3.93. The summed E-state index contributed by atoms with van der Waals surface area (Å²) >= 11 is 5.85. The van der Waals surface area contributed by atoms with Crippen molar-refractivity contribution >= 4 is 23.5 Å². The molecule has 27 heavy (non-hydrogen) atoms. The Hall–Kier alpha value is -2.54. The topological polar surface area (TPSA) is 57.6 Å². The van der Waals surface area contributed by atoms with Gasteiger partial charge in [-0.25, -0.2) is 0 Å². The Balaban J connectivity index is 1.91. The monoisotopic (exact) mass is 397 g/mol. The maximum absolute atomic E-state index is 13.2. The van der Waals surface area contributed by atoms with E-state index in [4.69, 9.17) is 11.6 Å². The second-order valence-corrected chi connectivity index (χ2v) is 6.79. The maximum atomic E-state index is 13.2. The molecule has 1 saturated heterocycles. The predicted molar refractivity (Wildman–Crippen MR) is 92.7 cm³/mol. The van der Waals surface area contributed by atoms with Crippen molar-refractivity contribution in [3.63, 3.8) is 0 Å². The number of aliphatic carboxylic acids is 1. The molecule has 0 unspecified atom stereocenters. The van der Waals surface area contributed by atoms with Crippen LogP contribution in [0.5, 0.6) is 0 Å². The minimum absolute atomic E-state index is 0.0175. The summed E-state index contributed by atoms with van der Waals surface area (Å²) < 4.78 is 39.6. The van der Waals surface area contributed by atoms with Crippen LogP contribution in [0.15, 0.2) is 48.5 Å². The molecule has 1 amide bonds. The molecule has 142 valence electrons. The molecular formula is C19H15ClF3NO3. The summed E-state index contributed by atoms with van der Waals surface area (Å²) in [7, 11) is 0. The van der Waals surface area contributed by atoms with Crippen molar-refractivity contribution in [1.82, 2.24) is 4.90 Å². The highest BCUT2D eigenvalue weighted by atomic mass is 35.5. The van der Waals surface area contributed by atoms with Crippen LogP contribution in [0, 0.1) is 5.92 Å². The Morgan fingerprint density at radius 2 is 1.67 bits per heavy atom. The van der Waals surface area contributed by atoms with Crippen molar-refractivity contribution in [2.24, 2.45) is 5.92 Å². The quantitative estimate of drug-likeness (QED) is 0.840. The molecule has 0 spiro atoms. The molecule has 0 bridgehead atoms. The average molecular weight is 398 g/mol. The SMILES string of the molecule is O=C(O)[C@@H]1CN(C(=O)c2ccccc2C(F)(F)F)C[C@H]1c1ccc(Cl)cc1. The molecule has 0 aliphatic carbocycles. The zero-order valence-corrected chi connectivity index (χ0v) is 14.7. The third-order valence-corrected chi connectivity index (χ3v) is 4.94. The fourth-order valence-electron chi connectivity index (χ4n) is 3.35. The van der Waals surface area contributed by atoms with Crippen LogP contribution in [0.3, 0.4) is 0 Å². The number of alkyl halides is 3. The van der Waals surface area contributed by atoms with Gasteiger partial charge in [-0.3, -0.25) is 9.59 Å². The number of rotatable bonds is 3. The molecule has 1 N–H and O–H groups in total. The molecular weight excluding hydrogens is 383 g/mol. The number of amides is 1. The number of nitrogens with zero attached hydrogens (tertiary/aromatic N) is 1. The highest BCUT2D eigenvalue weighted by molar-refractivity contribution is 6.30. The Morgan fingerprint density at radius 3 is 2.26 bits per heavy atom. The van der Waals surface area contributed by atoms with Crippen LogP contribution in [0.2, 0.25) is 5.02 Å². The number of carbonyl (C=O) groups is 2. The lowest BCUT2D eigenvalue weighted by Crippen LogP contribution is -2.31. The second kappa shape index (κ2) is 7.23. The van der Waals surface area contributed by atoms with Gasteiger partial charge >= 0.3 is 12.1 Å². The normalized spacial score (nSPS) is 19.9. The summed E-state index contributed by atoms with van der Waals surface area (Å²) in [6.45, 7) is -0.142. The van der Waals surface area contributed by atoms with Gasteiger partial charge in [-0.1, -0.05) is 35.9 Å². The Bertz CT molecular complexity index is 867. The van der Waals surface area contributed by atoms with Crippen LogP contribution in [0.25, 0.3) is 0 Å². The lowest BCUT2D eigenvalue weighted by molar-refractivity contribution is -0.141. The number of halogens is 4. The molecule has 2 aromatic carbocycles. The lowest BCUT2D eigenvalue weighted by atomic mass is 9.89. The molecule has 0 radical (unpaired) electrons. The number of carbonyl (C=O) groups excluding carboxylic acids is 1. The first-order valence-electron chi connectivity index (χ1n) is 8.12. The van der Waals surface area contributed by atoms with E-state index < -0.39 is 41.0 Å². The molecule has 8 heteroatoms. The molecule has 1 aliphatic heterocycles. The largest absolute Gasteiger partial charge is 0.481 e. The highest BCUT2D eigenvalue weighted by Crippen LogP contribution is 2.36. The minimum atomic E-state index is -4.67. The fourth-order valence-corrected chi connectivity index (χ4v) is 3.48. The summed E-state index contributed by atoms with van der Waals surface area (Å²) in [4.78, 5) is 25.5. The molecule has 3 rings (SSSR count). The van der Waals surface area contributed by atoms with Gasteiger partial charge < -0.3 is 10.0 Å². The standard InChI is InChI=1S/C19H15ClF3NO3/c20-12-7-5-11(6-8-12)14-9-24(10-15(14)18(26)27)17(25)13-3-1-2-4-16(13)19(21,22)23/h1-8,14-15H,9-10H2,(H,26,27)/t14-,15+/m0/s1. The predicted octanol–water partition coefficient (Wildman–Crippen LogP) is 4.30. The average Bonchev–Trinajstić information content (AvgIpc) is 3.06. The van der Waals surface area contributed by atoms with Gasteiger partial charge in [-0.15, -0.1) is 0 Å². The number of hydrogen-bond donors (Lipinski definition) is 1. The van der Waals surface area contributed by atoms with Crippen molar-refractivity contribution in [1.29, 1.82) is 0 Å². The van der Waals surface area contributed by atoms with E-state index in [2.05, 4.69) is 0 Å². The van der Waals surface area contributed by atoms with Crippen molar-refractivity contribution < 1.29 is 27.9 Å². The summed E-state index contributed by atoms with van der Waals surface area (Å²) in [5.41, 5.74) is -0.839. The molecule has 0 aromatic heterocycles. The summed E-state index contributed by atoms with van der Waals surface area (Å²) in [6.07, 6.45) is -4.67. The van der Waals surface area contributed by atoms with E-state index >= 15 is 0 Å². The maximum Gasteiger partial charge on any atom is 0.417 e. The van der Waals surface area contributed by atoms with Crippen molar-refractivity contribution in [3.8, 4) is 0 Å².